The number of aromatic nitrogens is 2. The summed E-state index contributed by atoms with van der Waals surface area (Å²) in [6.07, 6.45) is 3.60. The Hall–Kier alpha value is -2.04. The van der Waals surface area contributed by atoms with Crippen LogP contribution >= 0.6 is 0 Å². The van der Waals surface area contributed by atoms with Crippen LogP contribution in [-0.2, 0) is 11.8 Å². The second kappa shape index (κ2) is 3.84. The minimum Gasteiger partial charge on any atom is -0.480 e. The SMILES string of the molecule is CN(CC(=O)O)c1ccnc2ccn(C)c12. The Kier molecular flexibility index (Phi) is 2.52. The number of aliphatic carboxylic acids is 1. The Labute approximate surface area is 92.9 Å². The zero-order valence-electron chi connectivity index (χ0n) is 9.21. The van der Waals surface area contributed by atoms with Crippen LogP contribution in [0, 0.1) is 0 Å². The van der Waals surface area contributed by atoms with Gasteiger partial charge in [-0.2, -0.15) is 0 Å². The first-order valence-corrected chi connectivity index (χ1v) is 4.92. The van der Waals surface area contributed by atoms with Crippen molar-refractivity contribution in [2.75, 3.05) is 18.5 Å². The van der Waals surface area contributed by atoms with E-state index in [2.05, 4.69) is 4.98 Å². The molecule has 0 fully saturated rings. The molecule has 2 aromatic rings. The van der Waals surface area contributed by atoms with E-state index in [1.54, 1.807) is 18.1 Å². The predicted molar refractivity (Wildman–Crippen MR) is 61.6 cm³/mol. The van der Waals surface area contributed by atoms with E-state index in [1.807, 2.05) is 29.9 Å². The zero-order chi connectivity index (χ0) is 11.7. The maximum atomic E-state index is 10.7. The lowest BCUT2D eigenvalue weighted by atomic mass is 10.3. The van der Waals surface area contributed by atoms with Crippen molar-refractivity contribution in [2.24, 2.45) is 7.05 Å². The fourth-order valence-electron chi connectivity index (χ4n) is 1.80. The Balaban J connectivity index is 2.50. The topological polar surface area (TPSA) is 58.4 Å². The maximum Gasteiger partial charge on any atom is 0.323 e. The van der Waals surface area contributed by atoms with Crippen molar-refractivity contribution in [3.63, 3.8) is 0 Å². The molecule has 0 aliphatic heterocycles. The Morgan fingerprint density at radius 1 is 1.56 bits per heavy atom. The summed E-state index contributed by atoms with van der Waals surface area (Å²) in [6, 6.07) is 3.73. The van der Waals surface area contributed by atoms with Crippen LogP contribution in [0.15, 0.2) is 24.5 Å². The lowest BCUT2D eigenvalue weighted by Gasteiger charge is -2.18. The summed E-state index contributed by atoms with van der Waals surface area (Å²) < 4.78 is 1.94. The van der Waals surface area contributed by atoms with E-state index in [1.165, 1.54) is 0 Å². The van der Waals surface area contributed by atoms with E-state index in [0.29, 0.717) is 0 Å². The van der Waals surface area contributed by atoms with Gasteiger partial charge in [-0.3, -0.25) is 9.78 Å². The quantitative estimate of drug-likeness (QED) is 0.839. The average Bonchev–Trinajstić information content (AvgIpc) is 2.59. The Bertz CT molecular complexity index is 533. The standard InChI is InChI=1S/C11H13N3O2/c1-13-6-4-8-11(13)9(3-5-12-8)14(2)7-10(15)16/h3-6H,7H2,1-2H3,(H,15,16). The highest BCUT2D eigenvalue weighted by Crippen LogP contribution is 2.24. The molecule has 0 saturated carbocycles. The molecular formula is C11H13N3O2. The van der Waals surface area contributed by atoms with E-state index in [4.69, 9.17) is 5.11 Å². The fourth-order valence-corrected chi connectivity index (χ4v) is 1.80. The van der Waals surface area contributed by atoms with Crippen LogP contribution in [0.5, 0.6) is 0 Å². The lowest BCUT2D eigenvalue weighted by molar-refractivity contribution is -0.135. The summed E-state index contributed by atoms with van der Waals surface area (Å²) in [5.74, 6) is -0.846. The van der Waals surface area contributed by atoms with Gasteiger partial charge in [0.2, 0.25) is 0 Å². The van der Waals surface area contributed by atoms with Crippen molar-refractivity contribution in [1.29, 1.82) is 0 Å². The van der Waals surface area contributed by atoms with Gasteiger partial charge in [0.05, 0.1) is 16.7 Å². The number of hydrogen-bond donors (Lipinski definition) is 1. The van der Waals surface area contributed by atoms with E-state index in [0.717, 1.165) is 16.7 Å². The minimum absolute atomic E-state index is 0.0235. The zero-order valence-corrected chi connectivity index (χ0v) is 9.21. The van der Waals surface area contributed by atoms with Crippen LogP contribution in [0.25, 0.3) is 11.0 Å². The predicted octanol–water partition coefficient (Wildman–Crippen LogP) is 1.09. The van der Waals surface area contributed by atoms with Crippen LogP contribution in [0.2, 0.25) is 0 Å². The van der Waals surface area contributed by atoms with Gasteiger partial charge in [0, 0.05) is 26.5 Å². The van der Waals surface area contributed by atoms with Gasteiger partial charge in [-0.1, -0.05) is 0 Å². The molecular weight excluding hydrogens is 206 g/mol. The number of carboxylic acids is 1. The summed E-state index contributed by atoms with van der Waals surface area (Å²) in [7, 11) is 3.68. The normalized spacial score (nSPS) is 10.6. The molecule has 0 unspecified atom stereocenters. The molecule has 0 aliphatic carbocycles. The van der Waals surface area contributed by atoms with E-state index in [9.17, 15) is 4.79 Å². The highest BCUT2D eigenvalue weighted by Gasteiger charge is 2.11. The van der Waals surface area contributed by atoms with E-state index in [-0.39, 0.29) is 6.54 Å². The first-order chi connectivity index (χ1) is 7.59. The van der Waals surface area contributed by atoms with Gasteiger partial charge in [0.1, 0.15) is 6.54 Å². The molecule has 84 valence electrons. The van der Waals surface area contributed by atoms with Gasteiger partial charge in [0.25, 0.3) is 0 Å². The number of hydrogen-bond acceptors (Lipinski definition) is 3. The van der Waals surface area contributed by atoms with Gasteiger partial charge in [-0.15, -0.1) is 0 Å². The average molecular weight is 219 g/mol. The molecule has 2 aromatic heterocycles. The third-order valence-electron chi connectivity index (χ3n) is 2.52. The third-order valence-corrected chi connectivity index (χ3v) is 2.52. The Morgan fingerprint density at radius 3 is 3.00 bits per heavy atom. The van der Waals surface area contributed by atoms with Gasteiger partial charge in [-0.25, -0.2) is 0 Å². The van der Waals surface area contributed by atoms with Crippen LogP contribution in [0.3, 0.4) is 0 Å². The van der Waals surface area contributed by atoms with Crippen molar-refractivity contribution in [3.8, 4) is 0 Å². The summed E-state index contributed by atoms with van der Waals surface area (Å²) in [5, 5.41) is 8.77. The van der Waals surface area contributed by atoms with Gasteiger partial charge >= 0.3 is 5.97 Å². The van der Waals surface area contributed by atoms with Gasteiger partial charge in [-0.05, 0) is 12.1 Å². The molecule has 0 spiro atoms. The minimum atomic E-state index is -0.846. The monoisotopic (exact) mass is 219 g/mol. The number of nitrogens with zero attached hydrogens (tertiary/aromatic N) is 3. The molecule has 0 aliphatic rings. The van der Waals surface area contributed by atoms with Gasteiger partial charge in [0.15, 0.2) is 0 Å². The first kappa shape index (κ1) is 10.5. The van der Waals surface area contributed by atoms with Crippen LogP contribution < -0.4 is 4.90 Å². The van der Waals surface area contributed by atoms with Gasteiger partial charge < -0.3 is 14.6 Å². The number of likely N-dealkylation sites (N-methyl/N-ethyl adjacent to an activating group) is 1. The van der Waals surface area contributed by atoms with Crippen LogP contribution in [0.4, 0.5) is 5.69 Å². The molecule has 0 saturated heterocycles. The van der Waals surface area contributed by atoms with Crippen LogP contribution in [-0.4, -0.2) is 34.2 Å². The maximum absolute atomic E-state index is 10.7. The molecule has 2 heterocycles. The molecule has 5 nitrogen and oxygen atoms in total. The third kappa shape index (κ3) is 1.71. The molecule has 0 radical (unpaired) electrons. The number of rotatable bonds is 3. The summed E-state index contributed by atoms with van der Waals surface area (Å²) in [4.78, 5) is 16.6. The molecule has 2 rings (SSSR count). The number of aryl methyl sites for hydroxylation is 1. The van der Waals surface area contributed by atoms with Crippen molar-refractivity contribution < 1.29 is 9.90 Å². The first-order valence-electron chi connectivity index (χ1n) is 4.92. The summed E-state index contributed by atoms with van der Waals surface area (Å²) in [6.45, 7) is -0.0235. The second-order valence-corrected chi connectivity index (χ2v) is 3.74. The molecule has 16 heavy (non-hydrogen) atoms. The summed E-state index contributed by atoms with van der Waals surface area (Å²) in [5.41, 5.74) is 2.70. The number of pyridine rings is 1. The highest BCUT2D eigenvalue weighted by atomic mass is 16.4. The van der Waals surface area contributed by atoms with Crippen LogP contribution in [0.1, 0.15) is 0 Å². The molecule has 1 N–H and O–H groups in total. The van der Waals surface area contributed by atoms with E-state index < -0.39 is 5.97 Å². The van der Waals surface area contributed by atoms with Crippen molar-refractivity contribution in [1.82, 2.24) is 9.55 Å². The highest BCUT2D eigenvalue weighted by molar-refractivity contribution is 5.90. The fraction of sp³-hybridized carbons (Fsp3) is 0.273. The smallest absolute Gasteiger partial charge is 0.323 e. The Morgan fingerprint density at radius 2 is 2.31 bits per heavy atom. The second-order valence-electron chi connectivity index (χ2n) is 3.74. The summed E-state index contributed by atoms with van der Waals surface area (Å²) >= 11 is 0. The molecule has 5 heteroatoms. The van der Waals surface area contributed by atoms with Crippen molar-refractivity contribution >= 4 is 22.7 Å². The largest absolute Gasteiger partial charge is 0.480 e. The number of fused-ring (bicyclic) bond motifs is 1. The molecule has 0 aromatic carbocycles. The lowest BCUT2D eigenvalue weighted by Crippen LogP contribution is -2.25. The number of anilines is 1. The molecule has 0 atom stereocenters. The number of carboxylic acid groups (broad SMARTS) is 1. The van der Waals surface area contributed by atoms with Crippen molar-refractivity contribution in [3.05, 3.63) is 24.5 Å². The van der Waals surface area contributed by atoms with E-state index >= 15 is 0 Å². The number of carbonyl (C=O) groups is 1. The molecule has 0 amide bonds. The van der Waals surface area contributed by atoms with Crippen molar-refractivity contribution in [2.45, 2.75) is 0 Å². The molecule has 0 bridgehead atoms.